The Labute approximate surface area is 88.2 Å². The molecule has 0 bridgehead atoms. The number of hydrogen-bond donors (Lipinski definition) is 0. The van der Waals surface area contributed by atoms with Gasteiger partial charge in [0.1, 0.15) is 5.82 Å². The first-order chi connectivity index (χ1) is 6.81. The average Bonchev–Trinajstić information content (AvgIpc) is 2.67. The molecule has 14 heavy (non-hydrogen) atoms. The van der Waals surface area contributed by atoms with Crippen molar-refractivity contribution in [1.82, 2.24) is 9.55 Å². The van der Waals surface area contributed by atoms with Crippen LogP contribution in [-0.4, -0.2) is 9.55 Å². The highest BCUT2D eigenvalue weighted by atomic mass is 35.5. The molecule has 0 radical (unpaired) electrons. The van der Waals surface area contributed by atoms with Crippen LogP contribution in [0, 0.1) is 0 Å². The molecule has 3 heteroatoms. The molecule has 2 aromatic rings. The van der Waals surface area contributed by atoms with Gasteiger partial charge in [0.2, 0.25) is 0 Å². The lowest BCUT2D eigenvalue weighted by Crippen LogP contribution is -1.98. The molecule has 2 nitrogen and oxygen atoms in total. The van der Waals surface area contributed by atoms with E-state index in [0.29, 0.717) is 0 Å². The zero-order valence-corrected chi connectivity index (χ0v) is 8.70. The first-order valence-corrected chi connectivity index (χ1v) is 4.97. The van der Waals surface area contributed by atoms with E-state index in [4.69, 9.17) is 11.6 Å². The van der Waals surface area contributed by atoms with E-state index < -0.39 is 0 Å². The fraction of sp³-hybridized carbons (Fsp3) is 0.182. The molecule has 0 aliphatic heterocycles. The fourth-order valence-electron chi connectivity index (χ4n) is 1.43. The summed E-state index contributed by atoms with van der Waals surface area (Å²) >= 11 is 5.82. The van der Waals surface area contributed by atoms with E-state index in [1.807, 2.05) is 36.7 Å². The third-order valence-corrected chi connectivity index (χ3v) is 2.39. The zero-order chi connectivity index (χ0) is 9.97. The summed E-state index contributed by atoms with van der Waals surface area (Å²) in [5.74, 6) is 1.06. The van der Waals surface area contributed by atoms with Crippen molar-refractivity contribution in [1.29, 1.82) is 0 Å². The Morgan fingerprint density at radius 2 is 2.00 bits per heavy atom. The van der Waals surface area contributed by atoms with Gasteiger partial charge in [0.05, 0.1) is 0 Å². The van der Waals surface area contributed by atoms with Crippen LogP contribution >= 0.6 is 11.6 Å². The van der Waals surface area contributed by atoms with Gasteiger partial charge in [-0.15, -0.1) is 0 Å². The standard InChI is InChI=1S/C11H11ClN2/c1-2-11-13-7-8-14(11)10-5-3-9(12)4-6-10/h3-8H,2H2,1H3. The first kappa shape index (κ1) is 9.28. The predicted molar refractivity (Wildman–Crippen MR) is 58.0 cm³/mol. The number of aromatic nitrogens is 2. The molecule has 0 saturated heterocycles. The summed E-state index contributed by atoms with van der Waals surface area (Å²) in [6.07, 6.45) is 4.70. The molecule has 0 amide bonds. The van der Waals surface area contributed by atoms with Crippen LogP contribution < -0.4 is 0 Å². The van der Waals surface area contributed by atoms with Crippen LogP contribution in [0.5, 0.6) is 0 Å². The third-order valence-electron chi connectivity index (χ3n) is 2.14. The minimum Gasteiger partial charge on any atom is -0.304 e. The topological polar surface area (TPSA) is 17.8 Å². The molecule has 0 atom stereocenters. The number of aryl methyl sites for hydroxylation is 1. The second-order valence-corrected chi connectivity index (χ2v) is 3.48. The lowest BCUT2D eigenvalue weighted by Gasteiger charge is -2.05. The summed E-state index contributed by atoms with van der Waals surface area (Å²) in [5.41, 5.74) is 1.10. The van der Waals surface area contributed by atoms with E-state index in [2.05, 4.69) is 16.5 Å². The van der Waals surface area contributed by atoms with Crippen molar-refractivity contribution in [2.75, 3.05) is 0 Å². The van der Waals surface area contributed by atoms with E-state index in [1.54, 1.807) is 0 Å². The highest BCUT2D eigenvalue weighted by molar-refractivity contribution is 6.30. The maximum Gasteiger partial charge on any atom is 0.112 e. The van der Waals surface area contributed by atoms with Crippen LogP contribution in [0.1, 0.15) is 12.7 Å². The molecule has 0 unspecified atom stereocenters. The molecule has 0 fully saturated rings. The normalized spacial score (nSPS) is 10.4. The van der Waals surface area contributed by atoms with Crippen LogP contribution in [0.25, 0.3) is 5.69 Å². The number of imidazole rings is 1. The van der Waals surface area contributed by atoms with Crippen LogP contribution in [0.2, 0.25) is 5.02 Å². The lowest BCUT2D eigenvalue weighted by atomic mass is 10.3. The van der Waals surface area contributed by atoms with E-state index in [1.165, 1.54) is 0 Å². The largest absolute Gasteiger partial charge is 0.304 e. The highest BCUT2D eigenvalue weighted by Crippen LogP contribution is 2.14. The van der Waals surface area contributed by atoms with Crippen molar-refractivity contribution in [3.05, 3.63) is 47.5 Å². The van der Waals surface area contributed by atoms with Crippen molar-refractivity contribution < 1.29 is 0 Å². The van der Waals surface area contributed by atoms with Gasteiger partial charge in [-0.05, 0) is 24.3 Å². The van der Waals surface area contributed by atoms with Gasteiger partial charge in [-0.25, -0.2) is 4.98 Å². The number of nitrogens with zero attached hydrogens (tertiary/aromatic N) is 2. The average molecular weight is 207 g/mol. The summed E-state index contributed by atoms with van der Waals surface area (Å²) < 4.78 is 2.07. The molecule has 0 aliphatic rings. The Kier molecular flexibility index (Phi) is 2.55. The van der Waals surface area contributed by atoms with Gasteiger partial charge in [0.15, 0.2) is 0 Å². The van der Waals surface area contributed by atoms with Gasteiger partial charge in [-0.1, -0.05) is 18.5 Å². The predicted octanol–water partition coefficient (Wildman–Crippen LogP) is 3.09. The Hall–Kier alpha value is -1.28. The van der Waals surface area contributed by atoms with Gasteiger partial charge < -0.3 is 4.57 Å². The molecule has 0 aliphatic carbocycles. The Balaban J connectivity index is 2.44. The molecular formula is C11H11ClN2. The van der Waals surface area contributed by atoms with Crippen molar-refractivity contribution in [2.24, 2.45) is 0 Å². The smallest absolute Gasteiger partial charge is 0.112 e. The quantitative estimate of drug-likeness (QED) is 0.739. The summed E-state index contributed by atoms with van der Waals surface area (Å²) in [7, 11) is 0. The SMILES string of the molecule is CCc1nccn1-c1ccc(Cl)cc1. The van der Waals surface area contributed by atoms with Crippen molar-refractivity contribution in [2.45, 2.75) is 13.3 Å². The van der Waals surface area contributed by atoms with Gasteiger partial charge in [0, 0.05) is 29.5 Å². The Morgan fingerprint density at radius 1 is 1.29 bits per heavy atom. The van der Waals surface area contributed by atoms with Crippen LogP contribution in [0.15, 0.2) is 36.7 Å². The highest BCUT2D eigenvalue weighted by Gasteiger charge is 2.01. The second-order valence-electron chi connectivity index (χ2n) is 3.04. The molecule has 0 saturated carbocycles. The number of halogens is 1. The van der Waals surface area contributed by atoms with Crippen LogP contribution in [0.4, 0.5) is 0 Å². The van der Waals surface area contributed by atoms with E-state index in [0.717, 1.165) is 23.0 Å². The van der Waals surface area contributed by atoms with Gasteiger partial charge in [-0.2, -0.15) is 0 Å². The Bertz CT molecular complexity index is 417. The number of benzene rings is 1. The third kappa shape index (κ3) is 1.66. The van der Waals surface area contributed by atoms with Gasteiger partial charge in [-0.3, -0.25) is 0 Å². The molecule has 1 aromatic heterocycles. The van der Waals surface area contributed by atoms with Crippen LogP contribution in [0.3, 0.4) is 0 Å². The second kappa shape index (κ2) is 3.84. The molecule has 0 spiro atoms. The summed E-state index contributed by atoms with van der Waals surface area (Å²) in [6.45, 7) is 2.09. The van der Waals surface area contributed by atoms with E-state index in [9.17, 15) is 0 Å². The maximum atomic E-state index is 5.82. The van der Waals surface area contributed by atoms with Gasteiger partial charge >= 0.3 is 0 Å². The van der Waals surface area contributed by atoms with Crippen molar-refractivity contribution in [3.63, 3.8) is 0 Å². The summed E-state index contributed by atoms with van der Waals surface area (Å²) in [6, 6.07) is 7.75. The molecule has 2 rings (SSSR count). The minimum atomic E-state index is 0.756. The number of hydrogen-bond acceptors (Lipinski definition) is 1. The number of rotatable bonds is 2. The van der Waals surface area contributed by atoms with Crippen LogP contribution in [-0.2, 0) is 6.42 Å². The lowest BCUT2D eigenvalue weighted by molar-refractivity contribution is 0.891. The maximum absolute atomic E-state index is 5.82. The van der Waals surface area contributed by atoms with Crippen molar-refractivity contribution >= 4 is 11.6 Å². The molecule has 1 heterocycles. The van der Waals surface area contributed by atoms with E-state index in [-0.39, 0.29) is 0 Å². The summed E-state index contributed by atoms with van der Waals surface area (Å²) in [4.78, 5) is 4.26. The monoisotopic (exact) mass is 206 g/mol. The Morgan fingerprint density at radius 3 is 2.64 bits per heavy atom. The summed E-state index contributed by atoms with van der Waals surface area (Å²) in [5, 5.41) is 0.756. The minimum absolute atomic E-state index is 0.756. The fourth-order valence-corrected chi connectivity index (χ4v) is 1.56. The van der Waals surface area contributed by atoms with Crippen molar-refractivity contribution in [3.8, 4) is 5.69 Å². The molecule has 1 aromatic carbocycles. The molecular weight excluding hydrogens is 196 g/mol. The van der Waals surface area contributed by atoms with Gasteiger partial charge in [0.25, 0.3) is 0 Å². The molecule has 0 N–H and O–H groups in total. The zero-order valence-electron chi connectivity index (χ0n) is 7.94. The molecule has 72 valence electrons. The van der Waals surface area contributed by atoms with E-state index >= 15 is 0 Å². The first-order valence-electron chi connectivity index (χ1n) is 4.59.